The maximum Gasteiger partial charge on any atom is 0.494 e. The number of piperidine rings is 4. The van der Waals surface area contributed by atoms with Crippen LogP contribution in [-0.4, -0.2) is 218 Å². The number of alkyl halides is 4. The molecule has 4 aromatic carbocycles. The molecule has 8 amide bonds. The molecule has 19 rings (SSSR count). The topological polar surface area (TPSA) is 266 Å². The number of carbonyl (C=O) groups is 8. The number of imide groups is 4. The number of nitrogens with zero attached hydrogens (tertiary/aromatic N) is 14. The fraction of sp³-hybridized carbons (Fsp3) is 0.409. The van der Waals surface area contributed by atoms with E-state index in [1.165, 1.54) is 24.5 Å². The lowest BCUT2D eigenvalue weighted by Crippen LogP contribution is -2.54. The number of benzene rings is 4. The summed E-state index contributed by atoms with van der Waals surface area (Å²) < 4.78 is 100. The number of rotatable bonds is 16. The van der Waals surface area contributed by atoms with E-state index in [0.29, 0.717) is 102 Å². The van der Waals surface area contributed by atoms with E-state index in [1.54, 1.807) is 85.5 Å². The van der Waals surface area contributed by atoms with Crippen LogP contribution in [0.15, 0.2) is 139 Å². The molecule has 7 fully saturated rings. The molecule has 6 aromatic heterocycles. The normalized spacial score (nSPS) is 20.6. The minimum atomic E-state index is -2.74. The van der Waals surface area contributed by atoms with Crippen molar-refractivity contribution in [2.45, 2.75) is 128 Å². The second kappa shape index (κ2) is 33.9. The molecule has 0 radical (unpaired) electrons. The molecule has 0 aliphatic carbocycles. The Bertz CT molecular complexity index is 5810. The third-order valence-corrected chi connectivity index (χ3v) is 26.4. The molecule has 0 spiro atoms. The van der Waals surface area contributed by atoms with Crippen LogP contribution >= 0.6 is 15.9 Å². The maximum absolute atomic E-state index is 15.6. The highest BCUT2D eigenvalue weighted by molar-refractivity contribution is 9.10. The van der Waals surface area contributed by atoms with E-state index in [-0.39, 0.29) is 48.5 Å². The van der Waals surface area contributed by atoms with Crippen molar-refractivity contribution in [2.75, 3.05) is 111 Å². The van der Waals surface area contributed by atoms with Crippen LogP contribution in [0.1, 0.15) is 146 Å². The maximum atomic E-state index is 15.6. The van der Waals surface area contributed by atoms with E-state index in [2.05, 4.69) is 66.1 Å². The number of amides is 8. The number of halogens is 7. The van der Waals surface area contributed by atoms with Gasteiger partial charge in [0.2, 0.25) is 23.6 Å². The zero-order valence-corrected chi connectivity index (χ0v) is 69.3. The average Bonchev–Trinajstić information content (AvgIpc) is 1.58. The van der Waals surface area contributed by atoms with Crippen LogP contribution in [0.25, 0.3) is 54.7 Å². The molecular weight excluding hydrogens is 1650 g/mol. The highest BCUT2D eigenvalue weighted by Gasteiger charge is 2.52. The molecule has 0 saturated carbocycles. The van der Waals surface area contributed by atoms with Gasteiger partial charge < -0.3 is 28.9 Å². The van der Waals surface area contributed by atoms with Crippen molar-refractivity contribution >= 4 is 142 Å². The van der Waals surface area contributed by atoms with E-state index >= 15 is 4.39 Å². The minimum absolute atomic E-state index is 0.0770. The van der Waals surface area contributed by atoms with Crippen molar-refractivity contribution in [1.29, 1.82) is 0 Å². The first-order chi connectivity index (χ1) is 58.6. The molecule has 26 nitrogen and oxygen atoms in total. The van der Waals surface area contributed by atoms with Gasteiger partial charge in [-0.25, -0.2) is 18.7 Å². The zero-order valence-electron chi connectivity index (χ0n) is 67.7. The summed E-state index contributed by atoms with van der Waals surface area (Å²) in [5.74, 6) is -2.89. The van der Waals surface area contributed by atoms with Crippen molar-refractivity contribution in [1.82, 2.24) is 59.3 Å². The largest absolute Gasteiger partial charge is 0.494 e. The lowest BCUT2D eigenvalue weighted by molar-refractivity contribution is -0.137. The fourth-order valence-electron chi connectivity index (χ4n) is 18.4. The Morgan fingerprint density at radius 1 is 0.451 bits per heavy atom. The van der Waals surface area contributed by atoms with Crippen LogP contribution in [0.2, 0.25) is 0 Å². The summed E-state index contributed by atoms with van der Waals surface area (Å²) in [7, 11) is -0.586. The predicted molar refractivity (Wildman–Crippen MR) is 450 cm³/mol. The SMILES string of the molecule is CC1(C)OB(c2ccc3c4cnccc4n(C(F)F)c3c2)OC1(C)C.O=C1CCC(N2C(=O)c3ccc(N4CCN(CCC5CCN(c6ncc(-c7ccc8c9cnccc9n(C(F)F)c8c7)cc6F)CC5)CC4)cc3C2=O)C(=O)N1.O=C1CCC(N2C(=O)c3ccc(N4CCN(CCC5CCN(c6ncc(Br)cc6F)CC5)CC4)cc3C2=O)C(=O)N1. The number of piperazine rings is 2. The number of anilines is 4. The van der Waals surface area contributed by atoms with Gasteiger partial charge in [-0.1, -0.05) is 24.3 Å². The van der Waals surface area contributed by atoms with Crippen molar-refractivity contribution < 1.29 is 74.0 Å². The van der Waals surface area contributed by atoms with Gasteiger partial charge in [-0.05, 0) is 204 Å². The van der Waals surface area contributed by atoms with E-state index in [1.807, 2.05) is 61.8 Å². The Hall–Kier alpha value is -11.2. The number of pyridine rings is 4. The van der Waals surface area contributed by atoms with E-state index in [9.17, 15) is 60.3 Å². The highest BCUT2D eigenvalue weighted by Crippen LogP contribution is 2.42. The molecular formula is C88H90BBrF6N16O10. The van der Waals surface area contributed by atoms with Crippen LogP contribution in [-0.2, 0) is 28.5 Å². The number of nitrogens with one attached hydrogen (secondary N) is 2. The van der Waals surface area contributed by atoms with Gasteiger partial charge in [0.15, 0.2) is 23.3 Å². The third kappa shape index (κ3) is 16.2. The summed E-state index contributed by atoms with van der Waals surface area (Å²) in [6, 6.07) is 25.3. The zero-order chi connectivity index (χ0) is 85.3. The summed E-state index contributed by atoms with van der Waals surface area (Å²) in [4.78, 5) is 133. The first kappa shape index (κ1) is 83.1. The van der Waals surface area contributed by atoms with E-state index in [0.717, 1.165) is 158 Å². The Labute approximate surface area is 707 Å². The molecule has 2 unspecified atom stereocenters. The van der Waals surface area contributed by atoms with Gasteiger partial charge in [0.25, 0.3) is 23.6 Å². The molecule has 0 bridgehead atoms. The van der Waals surface area contributed by atoms with Crippen LogP contribution in [0.5, 0.6) is 0 Å². The minimum Gasteiger partial charge on any atom is -0.399 e. The second-order valence-electron chi connectivity index (χ2n) is 33.6. The molecule has 7 saturated heterocycles. The van der Waals surface area contributed by atoms with Gasteiger partial charge in [0.1, 0.15) is 12.1 Å². The molecule has 9 aliphatic rings. The molecule has 2 N–H and O–H groups in total. The first-order valence-corrected chi connectivity index (χ1v) is 42.2. The summed E-state index contributed by atoms with van der Waals surface area (Å²) in [6.07, 6.45) is 15.9. The monoisotopic (exact) mass is 1730 g/mol. The molecule has 634 valence electrons. The van der Waals surface area contributed by atoms with Crippen LogP contribution in [0.3, 0.4) is 0 Å². The number of carbonyl (C=O) groups excluding carboxylic acids is 8. The number of fused-ring (bicyclic) bond motifs is 8. The third-order valence-electron chi connectivity index (χ3n) is 26.0. The van der Waals surface area contributed by atoms with Gasteiger partial charge in [-0.2, -0.15) is 17.6 Å². The van der Waals surface area contributed by atoms with Crippen LogP contribution < -0.4 is 35.7 Å². The predicted octanol–water partition coefficient (Wildman–Crippen LogP) is 12.3. The second-order valence-corrected chi connectivity index (χ2v) is 34.5. The van der Waals surface area contributed by atoms with Crippen LogP contribution in [0, 0.1) is 23.5 Å². The van der Waals surface area contributed by atoms with Gasteiger partial charge in [-0.15, -0.1) is 0 Å². The van der Waals surface area contributed by atoms with Gasteiger partial charge in [-0.3, -0.25) is 87.7 Å². The fourth-order valence-corrected chi connectivity index (χ4v) is 18.7. The quantitative estimate of drug-likeness (QED) is 0.0517. The lowest BCUT2D eigenvalue weighted by atomic mass is 9.79. The van der Waals surface area contributed by atoms with Gasteiger partial charge >= 0.3 is 20.2 Å². The molecule has 15 heterocycles. The van der Waals surface area contributed by atoms with E-state index < -0.39 is 90.7 Å². The molecule has 122 heavy (non-hydrogen) atoms. The summed E-state index contributed by atoms with van der Waals surface area (Å²) in [5, 5.41) is 7.19. The Morgan fingerprint density at radius 2 is 0.885 bits per heavy atom. The molecule has 34 heteroatoms. The Balaban J connectivity index is 0.000000140. The number of aromatic nitrogens is 6. The van der Waals surface area contributed by atoms with Crippen molar-refractivity contribution in [3.8, 4) is 11.1 Å². The lowest BCUT2D eigenvalue weighted by Gasteiger charge is -2.38. The molecule has 2 atom stereocenters. The van der Waals surface area contributed by atoms with Crippen molar-refractivity contribution in [2.24, 2.45) is 11.8 Å². The number of hydrogen-bond donors (Lipinski definition) is 2. The van der Waals surface area contributed by atoms with Crippen LogP contribution in [0.4, 0.5) is 49.4 Å². The smallest absolute Gasteiger partial charge is 0.399 e. The van der Waals surface area contributed by atoms with Gasteiger partial charge in [0, 0.05) is 172 Å². The van der Waals surface area contributed by atoms with Crippen molar-refractivity contribution in [3.63, 3.8) is 0 Å². The summed E-state index contributed by atoms with van der Waals surface area (Å²) in [6.45, 7) is 14.1. The average molecular weight is 1740 g/mol. The van der Waals surface area contributed by atoms with E-state index in [4.69, 9.17) is 9.31 Å². The molecule has 9 aliphatic heterocycles. The highest BCUT2D eigenvalue weighted by atomic mass is 79.9. The summed E-state index contributed by atoms with van der Waals surface area (Å²) in [5.41, 5.74) is 5.44. The van der Waals surface area contributed by atoms with Crippen molar-refractivity contribution in [3.05, 3.63) is 173 Å². The Morgan fingerprint density at radius 3 is 1.33 bits per heavy atom. The first-order valence-electron chi connectivity index (χ1n) is 41.4. The summed E-state index contributed by atoms with van der Waals surface area (Å²) >= 11 is 3.26. The molecule has 10 aromatic rings. The number of hydrogen-bond acceptors (Lipinski definition) is 20. The Kier molecular flexibility index (Phi) is 23.1. The standard InChI is InChI=1S/C41H39F3N8O4.C29H32BrFN6O4.C18H19BF2N2O2/c42-32-19-26(25-1-3-28-31-23-45-11-7-33(31)51(41(43)44)35(28)20-25)22-46-37(32)50-13-9-24(10-14-50)8-12-48-15-17-49(18-16-48)27-2-4-29-30(21-27)40(56)52(39(29)55)34-5-6-36(53)47-38(34)54;30-19-15-23(31)26(32-17-19)36-9-6-18(7-10-36)5-8-34-11-13-35(14-12-34)20-1-2-21-22(16-20)29(41)37(28(21)40)24-3-4-25(38)33-27(24)39;1-17(2)18(3,4)25-19(24-17)11-5-6-12-13-10-22-8-7-14(13)23(16(20)21)15(12)9-11/h1-4,7,11,19-24,34,41H,5-6,8-10,12-18H2,(H,47,53,54);1-2,15-18,24H,3-14H2,(H,33,38,39);5-10,16H,1-4H3. The van der Waals surface area contributed by atoms with Gasteiger partial charge in [0.05, 0.1) is 55.5 Å².